The van der Waals surface area contributed by atoms with E-state index in [2.05, 4.69) is 25.2 Å². The molecule has 2 heteroatoms. The topological polar surface area (TPSA) is 21.3 Å². The molecule has 0 unspecified atom stereocenters. The second-order valence-electron chi connectivity index (χ2n) is 3.98. The van der Waals surface area contributed by atoms with Crippen LogP contribution in [0.4, 0.5) is 5.69 Å². The van der Waals surface area contributed by atoms with Gasteiger partial charge in [0.15, 0.2) is 0 Å². The van der Waals surface area contributed by atoms with Gasteiger partial charge in [0.25, 0.3) is 0 Å². The van der Waals surface area contributed by atoms with Crippen LogP contribution in [-0.2, 0) is 0 Å². The lowest BCUT2D eigenvalue weighted by Crippen LogP contribution is -2.04. The summed E-state index contributed by atoms with van der Waals surface area (Å²) in [5, 5.41) is 3.43. The molecule has 0 radical (unpaired) electrons. The average molecular weight is 221 g/mol. The molecule has 0 atom stereocenters. The Morgan fingerprint density at radius 1 is 1.06 bits per heavy atom. The van der Waals surface area contributed by atoms with Crippen LogP contribution in [0, 0.1) is 0 Å². The first-order valence-corrected chi connectivity index (χ1v) is 6.34. The molecule has 0 saturated carbocycles. The standard InChI is InChI=1S/C14H23NO/c1-3-5-8-11-15-13-9-6-7-10-14(13)16-12-4-2/h6-7,9-10,15H,3-5,8,11-12H2,1-2H3. The van der Waals surface area contributed by atoms with Crippen LogP contribution < -0.4 is 10.1 Å². The monoisotopic (exact) mass is 221 g/mol. The van der Waals surface area contributed by atoms with E-state index >= 15 is 0 Å². The fraction of sp³-hybridized carbons (Fsp3) is 0.571. The molecule has 1 aromatic rings. The van der Waals surface area contributed by atoms with Crippen molar-refractivity contribution in [3.63, 3.8) is 0 Å². The highest BCUT2D eigenvalue weighted by Crippen LogP contribution is 2.23. The highest BCUT2D eigenvalue weighted by Gasteiger charge is 2.00. The Kier molecular flexibility index (Phi) is 6.47. The highest BCUT2D eigenvalue weighted by molar-refractivity contribution is 5.56. The highest BCUT2D eigenvalue weighted by atomic mass is 16.5. The lowest BCUT2D eigenvalue weighted by atomic mass is 10.2. The second-order valence-corrected chi connectivity index (χ2v) is 3.98. The number of rotatable bonds is 8. The van der Waals surface area contributed by atoms with Crippen LogP contribution in [-0.4, -0.2) is 13.2 Å². The number of nitrogens with one attached hydrogen (secondary N) is 1. The largest absolute Gasteiger partial charge is 0.491 e. The minimum Gasteiger partial charge on any atom is -0.491 e. The second kappa shape index (κ2) is 8.03. The van der Waals surface area contributed by atoms with Gasteiger partial charge in [0.2, 0.25) is 0 Å². The number of hydrogen-bond donors (Lipinski definition) is 1. The molecular formula is C14H23NO. The van der Waals surface area contributed by atoms with Crippen molar-refractivity contribution in [3.8, 4) is 5.75 Å². The molecule has 1 aromatic carbocycles. The third-order valence-electron chi connectivity index (χ3n) is 2.44. The summed E-state index contributed by atoms with van der Waals surface area (Å²) < 4.78 is 5.68. The van der Waals surface area contributed by atoms with Gasteiger partial charge in [-0.05, 0) is 25.0 Å². The molecule has 0 fully saturated rings. The molecule has 1 rings (SSSR count). The van der Waals surface area contributed by atoms with Crippen LogP contribution in [0.15, 0.2) is 24.3 Å². The third-order valence-corrected chi connectivity index (χ3v) is 2.44. The molecule has 0 aliphatic rings. The summed E-state index contributed by atoms with van der Waals surface area (Å²) in [5.41, 5.74) is 1.12. The van der Waals surface area contributed by atoms with Gasteiger partial charge in [0.1, 0.15) is 5.75 Å². The zero-order valence-electron chi connectivity index (χ0n) is 10.5. The van der Waals surface area contributed by atoms with Gasteiger partial charge < -0.3 is 10.1 Å². The molecule has 90 valence electrons. The normalized spacial score (nSPS) is 10.1. The summed E-state index contributed by atoms with van der Waals surface area (Å²) >= 11 is 0. The van der Waals surface area contributed by atoms with Crippen molar-refractivity contribution in [2.75, 3.05) is 18.5 Å². The number of unbranched alkanes of at least 4 members (excludes halogenated alkanes) is 2. The van der Waals surface area contributed by atoms with E-state index in [-0.39, 0.29) is 0 Å². The van der Waals surface area contributed by atoms with Crippen molar-refractivity contribution in [1.82, 2.24) is 0 Å². The smallest absolute Gasteiger partial charge is 0.142 e. The minimum absolute atomic E-state index is 0.785. The Bertz CT molecular complexity index is 286. The van der Waals surface area contributed by atoms with Crippen molar-refractivity contribution in [2.45, 2.75) is 39.5 Å². The third kappa shape index (κ3) is 4.56. The predicted molar refractivity (Wildman–Crippen MR) is 70.2 cm³/mol. The fourth-order valence-electron chi connectivity index (χ4n) is 1.55. The van der Waals surface area contributed by atoms with Gasteiger partial charge in [-0.3, -0.25) is 0 Å². The van der Waals surface area contributed by atoms with Crippen LogP contribution in [0.2, 0.25) is 0 Å². The summed E-state index contributed by atoms with van der Waals surface area (Å²) in [4.78, 5) is 0. The number of ether oxygens (including phenoxy) is 1. The first-order chi connectivity index (χ1) is 7.88. The minimum atomic E-state index is 0.785. The predicted octanol–water partition coefficient (Wildman–Crippen LogP) is 4.08. The number of para-hydroxylation sites is 2. The van der Waals surface area contributed by atoms with Gasteiger partial charge in [0.05, 0.1) is 12.3 Å². The summed E-state index contributed by atoms with van der Waals surface area (Å²) in [6, 6.07) is 8.16. The quantitative estimate of drug-likeness (QED) is 0.668. The van der Waals surface area contributed by atoms with Crippen molar-refractivity contribution < 1.29 is 4.74 Å². The summed E-state index contributed by atoms with van der Waals surface area (Å²) in [7, 11) is 0. The van der Waals surface area contributed by atoms with Gasteiger partial charge in [0, 0.05) is 6.54 Å². The van der Waals surface area contributed by atoms with E-state index in [0.717, 1.165) is 31.0 Å². The van der Waals surface area contributed by atoms with Gasteiger partial charge in [-0.15, -0.1) is 0 Å². The molecule has 0 heterocycles. The summed E-state index contributed by atoms with van der Waals surface area (Å²) in [6.07, 6.45) is 4.81. The molecule has 0 saturated heterocycles. The molecule has 2 nitrogen and oxygen atoms in total. The van der Waals surface area contributed by atoms with Crippen LogP contribution in [0.25, 0.3) is 0 Å². The lowest BCUT2D eigenvalue weighted by molar-refractivity contribution is 0.319. The maximum Gasteiger partial charge on any atom is 0.142 e. The van der Waals surface area contributed by atoms with Crippen LogP contribution in [0.5, 0.6) is 5.75 Å². The first-order valence-electron chi connectivity index (χ1n) is 6.34. The van der Waals surface area contributed by atoms with E-state index in [1.165, 1.54) is 19.3 Å². The lowest BCUT2D eigenvalue weighted by Gasteiger charge is -2.12. The molecule has 0 aromatic heterocycles. The Morgan fingerprint density at radius 3 is 2.62 bits per heavy atom. The fourth-order valence-corrected chi connectivity index (χ4v) is 1.55. The molecule has 1 N–H and O–H groups in total. The van der Waals surface area contributed by atoms with E-state index in [0.29, 0.717) is 0 Å². The molecule has 0 bridgehead atoms. The Balaban J connectivity index is 2.43. The SMILES string of the molecule is CCCCCNc1ccccc1OCCC. The van der Waals surface area contributed by atoms with Crippen molar-refractivity contribution in [2.24, 2.45) is 0 Å². The van der Waals surface area contributed by atoms with E-state index in [4.69, 9.17) is 4.74 Å². The Morgan fingerprint density at radius 2 is 1.88 bits per heavy atom. The molecule has 0 spiro atoms. The molecule has 0 amide bonds. The van der Waals surface area contributed by atoms with E-state index in [1.54, 1.807) is 0 Å². The van der Waals surface area contributed by atoms with E-state index in [9.17, 15) is 0 Å². The summed E-state index contributed by atoms with van der Waals surface area (Å²) in [5.74, 6) is 0.973. The zero-order valence-corrected chi connectivity index (χ0v) is 10.5. The summed E-state index contributed by atoms with van der Waals surface area (Å²) in [6.45, 7) is 6.16. The van der Waals surface area contributed by atoms with Crippen molar-refractivity contribution in [1.29, 1.82) is 0 Å². The van der Waals surface area contributed by atoms with E-state index < -0.39 is 0 Å². The molecule has 0 aliphatic carbocycles. The van der Waals surface area contributed by atoms with Crippen LogP contribution >= 0.6 is 0 Å². The van der Waals surface area contributed by atoms with Crippen molar-refractivity contribution >= 4 is 5.69 Å². The molecule has 16 heavy (non-hydrogen) atoms. The Hall–Kier alpha value is -1.18. The Labute approximate surface area is 99.0 Å². The average Bonchev–Trinajstić information content (AvgIpc) is 2.33. The van der Waals surface area contributed by atoms with Gasteiger partial charge >= 0.3 is 0 Å². The molecule has 0 aliphatic heterocycles. The maximum absolute atomic E-state index is 5.68. The first kappa shape index (κ1) is 12.9. The number of benzene rings is 1. The number of anilines is 1. The van der Waals surface area contributed by atoms with E-state index in [1.807, 2.05) is 18.2 Å². The maximum atomic E-state index is 5.68. The van der Waals surface area contributed by atoms with Gasteiger partial charge in [-0.1, -0.05) is 38.8 Å². The molecular weight excluding hydrogens is 198 g/mol. The van der Waals surface area contributed by atoms with Gasteiger partial charge in [-0.25, -0.2) is 0 Å². The van der Waals surface area contributed by atoms with Crippen LogP contribution in [0.3, 0.4) is 0 Å². The zero-order chi connectivity index (χ0) is 11.6. The van der Waals surface area contributed by atoms with Crippen LogP contribution in [0.1, 0.15) is 39.5 Å². The number of hydrogen-bond acceptors (Lipinski definition) is 2. The van der Waals surface area contributed by atoms with Crippen molar-refractivity contribution in [3.05, 3.63) is 24.3 Å². The van der Waals surface area contributed by atoms with Gasteiger partial charge in [-0.2, -0.15) is 0 Å².